The van der Waals surface area contributed by atoms with Gasteiger partial charge in [0, 0.05) is 25.2 Å². The predicted octanol–water partition coefficient (Wildman–Crippen LogP) is -0.295. The molecule has 1 aromatic rings. The molecule has 1 saturated heterocycles. The molecule has 7 heteroatoms. The van der Waals surface area contributed by atoms with Crippen LogP contribution in [0.3, 0.4) is 0 Å². The fourth-order valence-electron chi connectivity index (χ4n) is 3.02. The number of nitrogens with one attached hydrogen (secondary N) is 2. The average Bonchev–Trinajstić information content (AvgIpc) is 2.91. The smallest absolute Gasteiger partial charge is 0.243 e. The zero-order valence-corrected chi connectivity index (χ0v) is 12.1. The molecule has 3 amide bonds. The van der Waals surface area contributed by atoms with Crippen LogP contribution in [0.25, 0.3) is 0 Å². The fraction of sp³-hybridized carbons (Fsp3) is 0.400. The molecule has 2 aliphatic heterocycles. The van der Waals surface area contributed by atoms with Crippen molar-refractivity contribution < 1.29 is 14.4 Å². The summed E-state index contributed by atoms with van der Waals surface area (Å²) in [5.74, 6) is -0.696. The molecule has 0 spiro atoms. The van der Waals surface area contributed by atoms with Crippen LogP contribution in [-0.4, -0.2) is 35.2 Å². The van der Waals surface area contributed by atoms with Gasteiger partial charge in [-0.15, -0.1) is 0 Å². The molecule has 0 saturated carbocycles. The Kier molecular flexibility index (Phi) is 3.91. The van der Waals surface area contributed by atoms with E-state index in [4.69, 9.17) is 5.73 Å². The number of hydrogen-bond donors (Lipinski definition) is 3. The molecule has 1 atom stereocenters. The third kappa shape index (κ3) is 2.72. The van der Waals surface area contributed by atoms with Crippen LogP contribution < -0.4 is 16.4 Å². The summed E-state index contributed by atoms with van der Waals surface area (Å²) < 4.78 is 0. The van der Waals surface area contributed by atoms with Gasteiger partial charge in [-0.05, 0) is 23.6 Å². The molecule has 4 N–H and O–H groups in total. The average molecular weight is 302 g/mol. The number of nitrogens with two attached hydrogens (primary N) is 1. The Labute approximate surface area is 127 Å². The Morgan fingerprint density at radius 2 is 2.18 bits per heavy atom. The maximum absolute atomic E-state index is 12.0. The normalized spacial score (nSPS) is 21.4. The molecule has 3 rings (SSSR count). The molecule has 116 valence electrons. The standard InChI is InChI=1S/C15H18N4O3/c16-6-14(21)17-11-3-1-2-9-7-19(8-10(9)11)12-4-5-13(20)18-15(12)22/h1-3,12H,4-8,16H2,(H,17,21)(H,18,20,22). The zero-order chi connectivity index (χ0) is 15.7. The Balaban J connectivity index is 1.78. The summed E-state index contributed by atoms with van der Waals surface area (Å²) in [6.45, 7) is 1.14. The van der Waals surface area contributed by atoms with Gasteiger partial charge in [-0.1, -0.05) is 12.1 Å². The predicted molar refractivity (Wildman–Crippen MR) is 79.5 cm³/mol. The van der Waals surface area contributed by atoms with E-state index in [1.165, 1.54) is 0 Å². The van der Waals surface area contributed by atoms with Gasteiger partial charge in [0.05, 0.1) is 12.6 Å². The lowest BCUT2D eigenvalue weighted by Gasteiger charge is -2.29. The number of anilines is 1. The molecular weight excluding hydrogens is 284 g/mol. The summed E-state index contributed by atoms with van der Waals surface area (Å²) in [6, 6.07) is 5.39. The largest absolute Gasteiger partial charge is 0.325 e. The summed E-state index contributed by atoms with van der Waals surface area (Å²) in [6.07, 6.45) is 0.892. The molecule has 0 aromatic heterocycles. The quantitative estimate of drug-likeness (QED) is 0.665. The first-order valence-electron chi connectivity index (χ1n) is 7.27. The van der Waals surface area contributed by atoms with Gasteiger partial charge in [-0.25, -0.2) is 0 Å². The Bertz CT molecular complexity index is 644. The first-order valence-corrected chi connectivity index (χ1v) is 7.27. The van der Waals surface area contributed by atoms with Gasteiger partial charge in [0.15, 0.2) is 0 Å². The molecule has 7 nitrogen and oxygen atoms in total. The highest BCUT2D eigenvalue weighted by Gasteiger charge is 2.35. The number of rotatable bonds is 3. The van der Waals surface area contributed by atoms with Crippen LogP contribution in [0.4, 0.5) is 5.69 Å². The summed E-state index contributed by atoms with van der Waals surface area (Å²) >= 11 is 0. The number of benzene rings is 1. The minimum atomic E-state index is -0.303. The van der Waals surface area contributed by atoms with E-state index >= 15 is 0 Å². The van der Waals surface area contributed by atoms with Crippen molar-refractivity contribution in [3.63, 3.8) is 0 Å². The number of nitrogens with zero attached hydrogens (tertiary/aromatic N) is 1. The molecule has 22 heavy (non-hydrogen) atoms. The molecule has 0 radical (unpaired) electrons. The molecule has 1 fully saturated rings. The van der Waals surface area contributed by atoms with E-state index < -0.39 is 0 Å². The van der Waals surface area contributed by atoms with Gasteiger partial charge in [-0.2, -0.15) is 0 Å². The van der Waals surface area contributed by atoms with Crippen molar-refractivity contribution >= 4 is 23.4 Å². The van der Waals surface area contributed by atoms with E-state index in [0.717, 1.165) is 16.8 Å². The first kappa shape index (κ1) is 14.7. The highest BCUT2D eigenvalue weighted by molar-refractivity contribution is 6.00. The number of imide groups is 1. The van der Waals surface area contributed by atoms with E-state index in [9.17, 15) is 14.4 Å². The number of fused-ring (bicyclic) bond motifs is 1. The van der Waals surface area contributed by atoms with Gasteiger partial charge in [-0.3, -0.25) is 24.6 Å². The number of carbonyl (C=O) groups excluding carboxylic acids is 3. The van der Waals surface area contributed by atoms with E-state index in [-0.39, 0.29) is 30.3 Å². The monoisotopic (exact) mass is 302 g/mol. The summed E-state index contributed by atoms with van der Waals surface area (Å²) in [7, 11) is 0. The second-order valence-corrected chi connectivity index (χ2v) is 5.57. The third-order valence-corrected chi connectivity index (χ3v) is 4.12. The summed E-state index contributed by atoms with van der Waals surface area (Å²) in [5, 5.41) is 5.17. The highest BCUT2D eigenvalue weighted by Crippen LogP contribution is 2.32. The van der Waals surface area contributed by atoms with Crippen LogP contribution in [0.5, 0.6) is 0 Å². The van der Waals surface area contributed by atoms with Crippen molar-refractivity contribution in [2.45, 2.75) is 32.0 Å². The van der Waals surface area contributed by atoms with Gasteiger partial charge in [0.2, 0.25) is 17.7 Å². The molecule has 1 aromatic carbocycles. The van der Waals surface area contributed by atoms with Gasteiger partial charge < -0.3 is 11.1 Å². The summed E-state index contributed by atoms with van der Waals surface area (Å²) in [4.78, 5) is 36.8. The van der Waals surface area contributed by atoms with Crippen LogP contribution in [-0.2, 0) is 27.5 Å². The van der Waals surface area contributed by atoms with E-state index in [2.05, 4.69) is 10.6 Å². The van der Waals surface area contributed by atoms with Crippen LogP contribution in [0.2, 0.25) is 0 Å². The minimum absolute atomic E-state index is 0.0689. The Morgan fingerprint density at radius 3 is 2.91 bits per heavy atom. The summed E-state index contributed by atoms with van der Waals surface area (Å²) in [5.41, 5.74) is 8.16. The minimum Gasteiger partial charge on any atom is -0.325 e. The van der Waals surface area contributed by atoms with E-state index in [1.807, 2.05) is 23.1 Å². The molecule has 1 unspecified atom stereocenters. The van der Waals surface area contributed by atoms with Crippen molar-refractivity contribution in [2.24, 2.45) is 5.73 Å². The molecule has 2 heterocycles. The van der Waals surface area contributed by atoms with Crippen LogP contribution in [0.1, 0.15) is 24.0 Å². The van der Waals surface area contributed by atoms with Crippen molar-refractivity contribution in [1.82, 2.24) is 10.2 Å². The number of hydrogen-bond acceptors (Lipinski definition) is 5. The third-order valence-electron chi connectivity index (χ3n) is 4.12. The molecule has 0 aliphatic carbocycles. The lowest BCUT2D eigenvalue weighted by Crippen LogP contribution is -2.50. The second-order valence-electron chi connectivity index (χ2n) is 5.57. The highest BCUT2D eigenvalue weighted by atomic mass is 16.2. The van der Waals surface area contributed by atoms with Crippen LogP contribution in [0, 0.1) is 0 Å². The van der Waals surface area contributed by atoms with Gasteiger partial charge in [0.1, 0.15) is 0 Å². The van der Waals surface area contributed by atoms with Gasteiger partial charge in [0.25, 0.3) is 0 Å². The van der Waals surface area contributed by atoms with Gasteiger partial charge >= 0.3 is 0 Å². The Morgan fingerprint density at radius 1 is 1.36 bits per heavy atom. The lowest BCUT2D eigenvalue weighted by molar-refractivity contribution is -0.137. The maximum atomic E-state index is 12.0. The lowest BCUT2D eigenvalue weighted by atomic mass is 10.0. The van der Waals surface area contributed by atoms with E-state index in [1.54, 1.807) is 0 Å². The van der Waals surface area contributed by atoms with Crippen molar-refractivity contribution in [1.29, 1.82) is 0 Å². The number of amides is 3. The maximum Gasteiger partial charge on any atom is 0.243 e. The SMILES string of the molecule is NCC(=O)Nc1cccc2c1CN(C1CCC(=O)NC1=O)C2. The zero-order valence-electron chi connectivity index (χ0n) is 12.1. The van der Waals surface area contributed by atoms with E-state index in [0.29, 0.717) is 25.9 Å². The molecule has 2 aliphatic rings. The first-order chi connectivity index (χ1) is 10.6. The molecule has 0 bridgehead atoms. The molecular formula is C15H18N4O3. The topological polar surface area (TPSA) is 105 Å². The van der Waals surface area contributed by atoms with Crippen molar-refractivity contribution in [3.05, 3.63) is 29.3 Å². The number of carbonyl (C=O) groups is 3. The van der Waals surface area contributed by atoms with Crippen LogP contribution >= 0.6 is 0 Å². The second kappa shape index (κ2) is 5.86. The Hall–Kier alpha value is -2.25. The van der Waals surface area contributed by atoms with Crippen molar-refractivity contribution in [2.75, 3.05) is 11.9 Å². The fourth-order valence-corrected chi connectivity index (χ4v) is 3.02. The van der Waals surface area contributed by atoms with Crippen LogP contribution in [0.15, 0.2) is 18.2 Å². The van der Waals surface area contributed by atoms with Crippen molar-refractivity contribution in [3.8, 4) is 0 Å². The number of piperidine rings is 1.